The Labute approximate surface area is 336 Å². The Morgan fingerprint density at radius 1 is 0.564 bits per heavy atom. The molecule has 0 aromatic rings. The van der Waals surface area contributed by atoms with Gasteiger partial charge in [-0.25, -0.2) is 4.57 Å². The fourth-order valence-corrected chi connectivity index (χ4v) is 6.35. The van der Waals surface area contributed by atoms with E-state index in [-0.39, 0.29) is 32.1 Å². The van der Waals surface area contributed by atoms with Gasteiger partial charge < -0.3 is 20.1 Å². The van der Waals surface area contributed by atoms with Gasteiger partial charge in [-0.15, -0.1) is 0 Å². The van der Waals surface area contributed by atoms with E-state index in [2.05, 4.69) is 79.9 Å². The number of unbranched alkanes of at least 4 members (excludes halogenated alkanes) is 17. The zero-order valence-electron chi connectivity index (χ0n) is 34.9. The summed E-state index contributed by atoms with van der Waals surface area (Å²) in [4.78, 5) is 33.9. The van der Waals surface area contributed by atoms with E-state index >= 15 is 0 Å². The lowest BCUT2D eigenvalue weighted by molar-refractivity contribution is -0.147. The van der Waals surface area contributed by atoms with Crippen molar-refractivity contribution < 1.29 is 37.9 Å². The molecule has 0 aliphatic heterocycles. The molecule has 318 valence electrons. The molecule has 9 nitrogen and oxygen atoms in total. The normalized spacial score (nSPS) is 13.9. The maximum absolute atomic E-state index is 12.1. The van der Waals surface area contributed by atoms with Crippen molar-refractivity contribution >= 4 is 19.7 Å². The van der Waals surface area contributed by atoms with Gasteiger partial charge in [0.1, 0.15) is 12.7 Å². The van der Waals surface area contributed by atoms with Crippen LogP contribution in [0.4, 0.5) is 0 Å². The van der Waals surface area contributed by atoms with Crippen LogP contribution in [-0.4, -0.2) is 54.3 Å². The molecular formula is C45H80NO8P. The topological polar surface area (TPSA) is 131 Å². The summed E-state index contributed by atoms with van der Waals surface area (Å²) >= 11 is 0. The maximum Gasteiger partial charge on any atom is 0.472 e. The Kier molecular flexibility index (Phi) is 39.6. The average Bonchev–Trinajstić information content (AvgIpc) is 3.17. The summed E-state index contributed by atoms with van der Waals surface area (Å²) in [6.07, 6.45) is 48.6. The number of nitrogens with one attached hydrogen (secondary N) is 1. The third-order valence-electron chi connectivity index (χ3n) is 8.92. The second-order valence-corrected chi connectivity index (χ2v) is 15.8. The first-order chi connectivity index (χ1) is 26.8. The van der Waals surface area contributed by atoms with E-state index in [1.54, 1.807) is 0 Å². The Morgan fingerprint density at radius 2 is 0.982 bits per heavy atom. The number of phosphoric acid groups is 1. The van der Waals surface area contributed by atoms with Crippen LogP contribution in [-0.2, 0) is 27.9 Å². The van der Waals surface area contributed by atoms with Gasteiger partial charge in [-0.05, 0) is 83.5 Å². The van der Waals surface area contributed by atoms with Crippen molar-refractivity contribution in [3.8, 4) is 0 Å². The number of rotatable bonds is 40. The predicted octanol–water partition coefficient (Wildman–Crippen LogP) is 12.1. The van der Waals surface area contributed by atoms with E-state index < -0.39 is 26.5 Å². The molecule has 0 saturated carbocycles. The van der Waals surface area contributed by atoms with Crippen molar-refractivity contribution in [1.29, 1.82) is 0 Å². The number of aliphatic hydroxyl groups excluding tert-OH is 1. The fraction of sp³-hybridized carbons (Fsp3) is 0.733. The van der Waals surface area contributed by atoms with Crippen LogP contribution in [0.15, 0.2) is 60.8 Å². The van der Waals surface area contributed by atoms with Gasteiger partial charge in [0.25, 0.3) is 0 Å². The van der Waals surface area contributed by atoms with Gasteiger partial charge in [-0.2, -0.15) is 0 Å². The highest BCUT2D eigenvalue weighted by molar-refractivity contribution is 7.47. The molecule has 0 fully saturated rings. The highest BCUT2D eigenvalue weighted by Crippen LogP contribution is 2.42. The van der Waals surface area contributed by atoms with E-state index in [9.17, 15) is 24.2 Å². The smallest absolute Gasteiger partial charge is 0.463 e. The highest BCUT2D eigenvalue weighted by atomic mass is 31.2. The number of aliphatic hydroxyl groups is 1. The molecule has 55 heavy (non-hydrogen) atoms. The number of carbonyl (C=O) groups excluding carboxylic acids is 2. The maximum atomic E-state index is 12.1. The molecule has 0 heterocycles. The number of allylic oxidation sites excluding steroid dienone is 10. The lowest BCUT2D eigenvalue weighted by Crippen LogP contribution is -2.27. The van der Waals surface area contributed by atoms with Gasteiger partial charge in [0.15, 0.2) is 0 Å². The largest absolute Gasteiger partial charge is 0.472 e. The van der Waals surface area contributed by atoms with E-state index in [4.69, 9.17) is 13.8 Å². The van der Waals surface area contributed by atoms with Crippen molar-refractivity contribution in [2.24, 2.45) is 0 Å². The van der Waals surface area contributed by atoms with Crippen LogP contribution in [0.1, 0.15) is 181 Å². The van der Waals surface area contributed by atoms with E-state index in [0.29, 0.717) is 6.42 Å². The summed E-state index contributed by atoms with van der Waals surface area (Å²) in [5.74, 6) is -0.547. The van der Waals surface area contributed by atoms with Crippen molar-refractivity contribution in [1.82, 2.24) is 5.32 Å². The van der Waals surface area contributed by atoms with E-state index in [1.807, 2.05) is 0 Å². The molecule has 10 heteroatoms. The molecular weight excluding hydrogens is 713 g/mol. The molecule has 0 rings (SSSR count). The van der Waals surface area contributed by atoms with Crippen LogP contribution in [0.2, 0.25) is 0 Å². The van der Waals surface area contributed by atoms with Crippen LogP contribution in [0, 0.1) is 0 Å². The third kappa shape index (κ3) is 42.7. The molecule has 0 aromatic heterocycles. The van der Waals surface area contributed by atoms with Crippen molar-refractivity contribution in [2.75, 3.05) is 26.4 Å². The Morgan fingerprint density at radius 3 is 1.53 bits per heavy atom. The first-order valence-electron chi connectivity index (χ1n) is 21.8. The SMILES string of the molecule is CCCCC/C=C\C/C=C\C/C=C\C/C=C\CCCCCCCC(=O)NCCOP(=O)(O)OCC(O)COC(=O)CCCCCCC/C=C\CCCCCC. The minimum atomic E-state index is -4.43. The van der Waals surface area contributed by atoms with E-state index in [1.165, 1.54) is 57.8 Å². The fourth-order valence-electron chi connectivity index (χ4n) is 5.59. The van der Waals surface area contributed by atoms with Crippen LogP contribution < -0.4 is 5.32 Å². The summed E-state index contributed by atoms with van der Waals surface area (Å²) in [6.45, 7) is 3.46. The monoisotopic (exact) mass is 794 g/mol. The summed E-state index contributed by atoms with van der Waals surface area (Å²) < 4.78 is 26.8. The number of amides is 1. The van der Waals surface area contributed by atoms with Crippen molar-refractivity contribution in [3.63, 3.8) is 0 Å². The number of esters is 1. The first kappa shape index (κ1) is 52.7. The van der Waals surface area contributed by atoms with Crippen LogP contribution in [0.3, 0.4) is 0 Å². The van der Waals surface area contributed by atoms with Gasteiger partial charge in [-0.3, -0.25) is 18.6 Å². The van der Waals surface area contributed by atoms with Gasteiger partial charge >= 0.3 is 13.8 Å². The summed E-state index contributed by atoms with van der Waals surface area (Å²) in [5, 5.41) is 12.7. The van der Waals surface area contributed by atoms with E-state index in [0.717, 1.165) is 96.3 Å². The minimum Gasteiger partial charge on any atom is -0.463 e. The molecule has 0 spiro atoms. The Balaban J connectivity index is 3.66. The standard InChI is InChI=1S/C45H80NO8P/c1-3-5-7-9-11-13-15-17-18-19-20-21-22-23-24-26-27-29-31-33-35-37-44(48)46-39-40-53-55(50,51)54-42-43(47)41-52-45(49)38-36-34-32-30-28-25-16-14-12-10-8-6-4-2/h11,13-14,16-18,20-21,23-24,43,47H,3-10,12,15,19,22,25-42H2,1-2H3,(H,46,48)(H,50,51)/b13-11-,16-14-,18-17-,21-20-,24-23-. The number of ether oxygens (including phenoxy) is 1. The summed E-state index contributed by atoms with van der Waals surface area (Å²) in [6, 6.07) is 0. The second-order valence-electron chi connectivity index (χ2n) is 14.3. The summed E-state index contributed by atoms with van der Waals surface area (Å²) in [5.41, 5.74) is 0. The molecule has 0 saturated heterocycles. The molecule has 2 unspecified atom stereocenters. The number of carbonyl (C=O) groups is 2. The predicted molar refractivity (Wildman–Crippen MR) is 229 cm³/mol. The van der Waals surface area contributed by atoms with Crippen LogP contribution >= 0.6 is 7.82 Å². The molecule has 1 amide bonds. The second kappa shape index (κ2) is 41.3. The first-order valence-corrected chi connectivity index (χ1v) is 23.3. The Bertz CT molecular complexity index is 1090. The van der Waals surface area contributed by atoms with Crippen molar-refractivity contribution in [2.45, 2.75) is 187 Å². The lowest BCUT2D eigenvalue weighted by atomic mass is 10.1. The number of hydrogen-bond acceptors (Lipinski definition) is 7. The molecule has 3 N–H and O–H groups in total. The zero-order valence-corrected chi connectivity index (χ0v) is 35.7. The number of phosphoric ester groups is 1. The average molecular weight is 794 g/mol. The van der Waals surface area contributed by atoms with Gasteiger partial charge in [0, 0.05) is 19.4 Å². The van der Waals surface area contributed by atoms with Crippen LogP contribution in [0.25, 0.3) is 0 Å². The van der Waals surface area contributed by atoms with Gasteiger partial charge in [0.2, 0.25) is 5.91 Å². The molecule has 0 bridgehead atoms. The summed E-state index contributed by atoms with van der Waals surface area (Å²) in [7, 11) is -4.43. The Hall–Kier alpha value is -2.29. The molecule has 0 aliphatic carbocycles. The number of hydrogen-bond donors (Lipinski definition) is 3. The molecule has 0 aliphatic rings. The minimum absolute atomic E-state index is 0.0677. The zero-order chi connectivity index (χ0) is 40.3. The quantitative estimate of drug-likeness (QED) is 0.0242. The molecule has 2 atom stereocenters. The van der Waals surface area contributed by atoms with Crippen molar-refractivity contribution in [3.05, 3.63) is 60.8 Å². The van der Waals surface area contributed by atoms with Gasteiger partial charge in [0.05, 0.1) is 13.2 Å². The molecule has 0 radical (unpaired) electrons. The lowest BCUT2D eigenvalue weighted by Gasteiger charge is -2.15. The van der Waals surface area contributed by atoms with Crippen LogP contribution in [0.5, 0.6) is 0 Å². The third-order valence-corrected chi connectivity index (χ3v) is 9.90. The van der Waals surface area contributed by atoms with Gasteiger partial charge in [-0.1, -0.05) is 145 Å². The highest BCUT2D eigenvalue weighted by Gasteiger charge is 2.23. The molecule has 0 aromatic carbocycles.